The van der Waals surface area contributed by atoms with Crippen LogP contribution in [0.2, 0.25) is 0 Å². The minimum atomic E-state index is 0.755. The molecule has 0 amide bonds. The van der Waals surface area contributed by atoms with Crippen LogP contribution in [0.5, 0.6) is 0 Å². The van der Waals surface area contributed by atoms with E-state index in [4.69, 9.17) is 0 Å². The molecule has 57 valence electrons. The van der Waals surface area contributed by atoms with Crippen molar-refractivity contribution in [3.63, 3.8) is 0 Å². The van der Waals surface area contributed by atoms with Crippen LogP contribution in [0.25, 0.3) is 0 Å². The molecular weight excluding hydrogens is 120 g/mol. The van der Waals surface area contributed by atoms with Crippen LogP contribution >= 0.6 is 0 Å². The van der Waals surface area contributed by atoms with Gasteiger partial charge in [0.1, 0.15) is 0 Å². The molecule has 0 saturated heterocycles. The molecule has 1 unspecified atom stereocenters. The Morgan fingerprint density at radius 3 is 2.30 bits per heavy atom. The summed E-state index contributed by atoms with van der Waals surface area (Å²) in [6.07, 6.45) is 2.24. The summed E-state index contributed by atoms with van der Waals surface area (Å²) in [6, 6.07) is 0. The van der Waals surface area contributed by atoms with Gasteiger partial charge in [0.2, 0.25) is 0 Å². The van der Waals surface area contributed by atoms with Gasteiger partial charge in [-0.1, -0.05) is 27.2 Å². The van der Waals surface area contributed by atoms with E-state index in [0.717, 1.165) is 18.3 Å². The van der Waals surface area contributed by atoms with Crippen molar-refractivity contribution < 1.29 is 0 Å². The van der Waals surface area contributed by atoms with Crippen molar-refractivity contribution in [3.05, 3.63) is 6.92 Å². The van der Waals surface area contributed by atoms with Gasteiger partial charge in [0, 0.05) is 13.3 Å². The summed E-state index contributed by atoms with van der Waals surface area (Å²) in [7, 11) is 0. The Morgan fingerprint density at radius 1 is 1.40 bits per heavy atom. The Kier molecular flexibility index (Phi) is 5.12. The lowest BCUT2D eigenvalue weighted by atomic mass is 9.90. The van der Waals surface area contributed by atoms with E-state index in [1.165, 1.54) is 6.42 Å². The van der Waals surface area contributed by atoms with Crippen LogP contribution in [-0.4, -0.2) is 0 Å². The van der Waals surface area contributed by atoms with Crippen molar-refractivity contribution in [3.8, 4) is 11.8 Å². The summed E-state index contributed by atoms with van der Waals surface area (Å²) in [5.41, 5.74) is 0. The molecule has 0 bridgehead atoms. The first kappa shape index (κ1) is 9.56. The standard InChI is InChI=1S/C10H17/c1-5-7-8-10(6-2)9(3)4/h9-10H,1,6,8H2,2-4H3. The Labute approximate surface area is 65.0 Å². The quantitative estimate of drug-likeness (QED) is 0.525. The van der Waals surface area contributed by atoms with Crippen LogP contribution in [0.4, 0.5) is 0 Å². The van der Waals surface area contributed by atoms with Gasteiger partial charge >= 0.3 is 0 Å². The van der Waals surface area contributed by atoms with Crippen molar-refractivity contribution in [1.82, 2.24) is 0 Å². The summed E-state index contributed by atoms with van der Waals surface area (Å²) < 4.78 is 0. The van der Waals surface area contributed by atoms with Gasteiger partial charge in [-0.3, -0.25) is 0 Å². The number of hydrogen-bond acceptors (Lipinski definition) is 0. The third-order valence-corrected chi connectivity index (χ3v) is 1.96. The van der Waals surface area contributed by atoms with Crippen LogP contribution in [0.3, 0.4) is 0 Å². The average Bonchev–Trinajstić information content (AvgIpc) is 1.89. The van der Waals surface area contributed by atoms with E-state index < -0.39 is 0 Å². The molecule has 0 rings (SSSR count). The average molecular weight is 137 g/mol. The van der Waals surface area contributed by atoms with Crippen LogP contribution in [-0.2, 0) is 0 Å². The summed E-state index contributed by atoms with van der Waals surface area (Å²) in [5.74, 6) is 7.22. The largest absolute Gasteiger partial charge is 0.103 e. The Morgan fingerprint density at radius 2 is 2.00 bits per heavy atom. The SMILES string of the molecule is [CH2]C#CCC(CC)C(C)C. The second-order valence-electron chi connectivity index (χ2n) is 2.97. The van der Waals surface area contributed by atoms with Crippen molar-refractivity contribution in [2.75, 3.05) is 0 Å². The van der Waals surface area contributed by atoms with Crippen LogP contribution in [0.15, 0.2) is 0 Å². The monoisotopic (exact) mass is 137 g/mol. The van der Waals surface area contributed by atoms with E-state index in [9.17, 15) is 0 Å². The first-order chi connectivity index (χ1) is 4.72. The normalized spacial score (nSPS) is 12.5. The third kappa shape index (κ3) is 3.56. The van der Waals surface area contributed by atoms with Gasteiger partial charge < -0.3 is 0 Å². The molecule has 0 aromatic carbocycles. The predicted octanol–water partition coefficient (Wildman–Crippen LogP) is 2.90. The highest BCUT2D eigenvalue weighted by molar-refractivity contribution is 5.02. The van der Waals surface area contributed by atoms with Crippen LogP contribution in [0.1, 0.15) is 33.6 Å². The molecule has 0 aliphatic rings. The molecule has 0 heteroatoms. The molecule has 0 nitrogen and oxygen atoms in total. The van der Waals surface area contributed by atoms with Crippen molar-refractivity contribution in [2.45, 2.75) is 33.6 Å². The molecule has 0 spiro atoms. The van der Waals surface area contributed by atoms with E-state index in [1.54, 1.807) is 0 Å². The number of rotatable bonds is 3. The molecule has 0 heterocycles. The molecule has 0 aliphatic heterocycles. The topological polar surface area (TPSA) is 0 Å². The fourth-order valence-electron chi connectivity index (χ4n) is 1.05. The molecule has 0 aromatic heterocycles. The smallest absolute Gasteiger partial charge is 0.0198 e. The molecular formula is C10H17. The lowest BCUT2D eigenvalue weighted by Crippen LogP contribution is -2.05. The zero-order valence-electron chi connectivity index (χ0n) is 7.28. The van der Waals surface area contributed by atoms with Crippen LogP contribution < -0.4 is 0 Å². The summed E-state index contributed by atoms with van der Waals surface area (Å²) in [4.78, 5) is 0. The van der Waals surface area contributed by atoms with Gasteiger partial charge in [-0.15, -0.1) is 11.8 Å². The Bertz CT molecular complexity index is 123. The van der Waals surface area contributed by atoms with Gasteiger partial charge in [-0.05, 0) is 11.8 Å². The highest BCUT2D eigenvalue weighted by Crippen LogP contribution is 2.17. The van der Waals surface area contributed by atoms with E-state index in [-0.39, 0.29) is 0 Å². The van der Waals surface area contributed by atoms with E-state index in [2.05, 4.69) is 39.5 Å². The second kappa shape index (κ2) is 5.35. The highest BCUT2D eigenvalue weighted by Gasteiger charge is 2.07. The van der Waals surface area contributed by atoms with E-state index >= 15 is 0 Å². The minimum absolute atomic E-state index is 0.755. The highest BCUT2D eigenvalue weighted by atomic mass is 14.1. The zero-order chi connectivity index (χ0) is 7.98. The summed E-state index contributed by atoms with van der Waals surface area (Å²) in [5, 5.41) is 0. The molecule has 0 saturated carbocycles. The van der Waals surface area contributed by atoms with Gasteiger partial charge in [-0.25, -0.2) is 0 Å². The van der Waals surface area contributed by atoms with Crippen molar-refractivity contribution in [2.24, 2.45) is 11.8 Å². The molecule has 0 aromatic rings. The lowest BCUT2D eigenvalue weighted by Gasteiger charge is -2.14. The maximum Gasteiger partial charge on any atom is 0.0198 e. The van der Waals surface area contributed by atoms with Gasteiger partial charge in [0.05, 0.1) is 0 Å². The third-order valence-electron chi connectivity index (χ3n) is 1.96. The summed E-state index contributed by atoms with van der Waals surface area (Å²) in [6.45, 7) is 10.2. The summed E-state index contributed by atoms with van der Waals surface area (Å²) >= 11 is 0. The fourth-order valence-corrected chi connectivity index (χ4v) is 1.05. The molecule has 0 N–H and O–H groups in total. The lowest BCUT2D eigenvalue weighted by molar-refractivity contribution is 0.381. The molecule has 0 aliphatic carbocycles. The predicted molar refractivity (Wildman–Crippen MR) is 46.4 cm³/mol. The molecule has 10 heavy (non-hydrogen) atoms. The maximum atomic E-state index is 3.49. The van der Waals surface area contributed by atoms with Gasteiger partial charge in [0.15, 0.2) is 0 Å². The number of hydrogen-bond donors (Lipinski definition) is 0. The minimum Gasteiger partial charge on any atom is -0.103 e. The second-order valence-corrected chi connectivity index (χ2v) is 2.97. The molecule has 0 fully saturated rings. The zero-order valence-corrected chi connectivity index (χ0v) is 7.28. The Balaban J connectivity index is 3.67. The van der Waals surface area contributed by atoms with Gasteiger partial charge in [0.25, 0.3) is 0 Å². The maximum absolute atomic E-state index is 3.49. The van der Waals surface area contributed by atoms with Gasteiger partial charge in [-0.2, -0.15) is 0 Å². The van der Waals surface area contributed by atoms with Crippen molar-refractivity contribution >= 4 is 0 Å². The van der Waals surface area contributed by atoms with E-state index in [0.29, 0.717) is 0 Å². The molecule has 1 atom stereocenters. The van der Waals surface area contributed by atoms with Crippen LogP contribution in [0, 0.1) is 30.6 Å². The Hall–Kier alpha value is -0.440. The van der Waals surface area contributed by atoms with Crippen molar-refractivity contribution in [1.29, 1.82) is 0 Å². The van der Waals surface area contributed by atoms with E-state index in [1.807, 2.05) is 0 Å². The fraction of sp³-hybridized carbons (Fsp3) is 0.700. The first-order valence-electron chi connectivity index (χ1n) is 3.97. The first-order valence-corrected chi connectivity index (χ1v) is 3.97. The molecule has 1 radical (unpaired) electrons.